The van der Waals surface area contributed by atoms with Gasteiger partial charge in [-0.05, 0) is 43.9 Å². The molecule has 1 aromatic heterocycles. The van der Waals surface area contributed by atoms with Gasteiger partial charge in [0, 0.05) is 18.3 Å². The first-order chi connectivity index (χ1) is 12.6. The van der Waals surface area contributed by atoms with Gasteiger partial charge in [0.15, 0.2) is 5.69 Å². The fourth-order valence-electron chi connectivity index (χ4n) is 2.58. The van der Waals surface area contributed by atoms with Crippen LogP contribution in [-0.2, 0) is 6.18 Å². The third kappa shape index (κ3) is 5.42. The van der Waals surface area contributed by atoms with E-state index in [2.05, 4.69) is 24.3 Å². The summed E-state index contributed by atoms with van der Waals surface area (Å²) >= 11 is 0. The zero-order chi connectivity index (χ0) is 20.2. The summed E-state index contributed by atoms with van der Waals surface area (Å²) in [4.78, 5) is 24.4. The monoisotopic (exact) mass is 381 g/mol. The molecule has 1 heterocycles. The number of aryl methyl sites for hydroxylation is 1. The molecule has 1 N–H and O–H groups in total. The molecule has 0 atom stereocenters. The fourth-order valence-corrected chi connectivity index (χ4v) is 2.58. The molecule has 0 saturated carbocycles. The Hall–Kier alpha value is -2.64. The third-order valence-electron chi connectivity index (χ3n) is 3.98. The van der Waals surface area contributed by atoms with Crippen LogP contribution in [0.4, 0.5) is 13.2 Å². The van der Waals surface area contributed by atoms with E-state index in [1.54, 1.807) is 6.92 Å². The molecule has 0 aliphatic rings. The first-order valence-electron chi connectivity index (χ1n) is 8.66. The Morgan fingerprint density at radius 3 is 2.59 bits per heavy atom. The molecule has 0 aliphatic heterocycles. The zero-order valence-electron chi connectivity index (χ0n) is 15.4. The van der Waals surface area contributed by atoms with Crippen LogP contribution in [0, 0.1) is 12.8 Å². The van der Waals surface area contributed by atoms with Gasteiger partial charge in [0.25, 0.3) is 5.91 Å². The van der Waals surface area contributed by atoms with Gasteiger partial charge in [-0.3, -0.25) is 9.59 Å². The highest BCUT2D eigenvalue weighted by molar-refractivity contribution is 5.92. The first-order valence-corrected chi connectivity index (χ1v) is 8.66. The van der Waals surface area contributed by atoms with Crippen molar-refractivity contribution in [2.45, 2.75) is 39.8 Å². The van der Waals surface area contributed by atoms with Crippen molar-refractivity contribution in [2.24, 2.45) is 5.92 Å². The molecule has 1 amide bonds. The van der Waals surface area contributed by atoms with Crippen molar-refractivity contribution >= 4 is 5.91 Å². The number of carbonyl (C=O) groups excluding carboxylic acids is 1. The topological polar surface area (TPSA) is 64.0 Å². The number of hydrogen-bond donors (Lipinski definition) is 1. The average Bonchev–Trinajstić information content (AvgIpc) is 2.58. The summed E-state index contributed by atoms with van der Waals surface area (Å²) in [6.07, 6.45) is -2.81. The lowest BCUT2D eigenvalue weighted by molar-refractivity contribution is -0.137. The molecule has 0 aliphatic carbocycles. The van der Waals surface area contributed by atoms with Gasteiger partial charge >= 0.3 is 6.18 Å². The van der Waals surface area contributed by atoms with E-state index in [9.17, 15) is 22.8 Å². The molecule has 1 aromatic carbocycles. The van der Waals surface area contributed by atoms with E-state index in [-0.39, 0.29) is 11.4 Å². The summed E-state index contributed by atoms with van der Waals surface area (Å²) in [6.45, 7) is 6.07. The van der Waals surface area contributed by atoms with E-state index >= 15 is 0 Å². The molecule has 146 valence electrons. The van der Waals surface area contributed by atoms with Crippen LogP contribution in [0.25, 0.3) is 5.69 Å². The predicted octanol–water partition coefficient (Wildman–Crippen LogP) is 3.73. The first kappa shape index (κ1) is 20.7. The number of hydrogen-bond acceptors (Lipinski definition) is 3. The number of aromatic nitrogens is 2. The van der Waals surface area contributed by atoms with Crippen molar-refractivity contribution in [1.29, 1.82) is 0 Å². The molecule has 0 spiro atoms. The summed E-state index contributed by atoms with van der Waals surface area (Å²) in [6, 6.07) is 5.75. The molecule has 2 rings (SSSR count). The molecular weight excluding hydrogens is 359 g/mol. The lowest BCUT2D eigenvalue weighted by Gasteiger charge is -2.13. The van der Waals surface area contributed by atoms with Crippen molar-refractivity contribution in [2.75, 3.05) is 6.54 Å². The molecule has 0 radical (unpaired) electrons. The molecule has 5 nitrogen and oxygen atoms in total. The lowest BCUT2D eigenvalue weighted by Crippen LogP contribution is -2.32. The number of amides is 1. The van der Waals surface area contributed by atoms with Crippen LogP contribution >= 0.6 is 0 Å². The minimum atomic E-state index is -4.50. The van der Waals surface area contributed by atoms with Gasteiger partial charge in [0.1, 0.15) is 0 Å². The number of alkyl halides is 3. The highest BCUT2D eigenvalue weighted by atomic mass is 19.4. The van der Waals surface area contributed by atoms with E-state index in [4.69, 9.17) is 0 Å². The van der Waals surface area contributed by atoms with Crippen LogP contribution in [0.5, 0.6) is 0 Å². The molecule has 0 unspecified atom stereocenters. The Morgan fingerprint density at radius 2 is 1.96 bits per heavy atom. The smallest absolute Gasteiger partial charge is 0.351 e. The van der Waals surface area contributed by atoms with E-state index in [0.717, 1.165) is 25.0 Å². The Morgan fingerprint density at radius 1 is 1.26 bits per heavy atom. The summed E-state index contributed by atoms with van der Waals surface area (Å²) in [5, 5.41) is 6.64. The summed E-state index contributed by atoms with van der Waals surface area (Å²) in [7, 11) is 0. The van der Waals surface area contributed by atoms with Crippen LogP contribution in [0.3, 0.4) is 0 Å². The molecule has 0 bridgehead atoms. The highest BCUT2D eigenvalue weighted by Crippen LogP contribution is 2.30. The minimum Gasteiger partial charge on any atom is -0.351 e. The lowest BCUT2D eigenvalue weighted by atomic mass is 10.1. The van der Waals surface area contributed by atoms with E-state index in [1.165, 1.54) is 22.9 Å². The second kappa shape index (κ2) is 8.37. The van der Waals surface area contributed by atoms with Gasteiger partial charge < -0.3 is 5.32 Å². The zero-order valence-corrected chi connectivity index (χ0v) is 15.4. The standard InChI is InChI=1S/C19H22F3N3O2/c1-12(2)6-5-9-23-18(27)17-16(26)10-13(3)25(24-17)15-8-4-7-14(11-15)19(20,21)22/h4,7-8,10-12H,5-6,9H2,1-3H3,(H,23,27). The van der Waals surface area contributed by atoms with Crippen LogP contribution < -0.4 is 10.7 Å². The van der Waals surface area contributed by atoms with Gasteiger partial charge in [-0.1, -0.05) is 19.9 Å². The fraction of sp³-hybridized carbons (Fsp3) is 0.421. The number of benzene rings is 1. The summed E-state index contributed by atoms with van der Waals surface area (Å²) in [5.41, 5.74) is -1.30. The molecule has 0 fully saturated rings. The Labute approximate surface area is 155 Å². The van der Waals surface area contributed by atoms with Gasteiger partial charge in [0.2, 0.25) is 5.43 Å². The number of rotatable bonds is 6. The second-order valence-electron chi connectivity index (χ2n) is 6.75. The van der Waals surface area contributed by atoms with Crippen LogP contribution in [0.2, 0.25) is 0 Å². The molecule has 27 heavy (non-hydrogen) atoms. The van der Waals surface area contributed by atoms with E-state index < -0.39 is 23.1 Å². The van der Waals surface area contributed by atoms with Crippen molar-refractivity contribution in [3.05, 3.63) is 57.5 Å². The maximum atomic E-state index is 12.9. The normalized spacial score (nSPS) is 11.7. The number of carbonyl (C=O) groups is 1. The maximum absolute atomic E-state index is 12.9. The predicted molar refractivity (Wildman–Crippen MR) is 96.0 cm³/mol. The quantitative estimate of drug-likeness (QED) is 0.776. The highest BCUT2D eigenvalue weighted by Gasteiger charge is 2.30. The number of nitrogens with zero attached hydrogens (tertiary/aromatic N) is 2. The van der Waals surface area contributed by atoms with Crippen LogP contribution in [0.1, 0.15) is 48.4 Å². The van der Waals surface area contributed by atoms with Gasteiger partial charge in [-0.25, -0.2) is 4.68 Å². The van der Waals surface area contributed by atoms with Crippen LogP contribution in [-0.4, -0.2) is 22.2 Å². The Bertz CT molecular complexity index is 873. The summed E-state index contributed by atoms with van der Waals surface area (Å²) < 4.78 is 40.0. The van der Waals surface area contributed by atoms with Crippen molar-refractivity contribution in [3.63, 3.8) is 0 Å². The molecular formula is C19H22F3N3O2. The van der Waals surface area contributed by atoms with Gasteiger partial charge in [-0.15, -0.1) is 0 Å². The summed E-state index contributed by atoms with van der Waals surface area (Å²) in [5.74, 6) is -0.137. The minimum absolute atomic E-state index is 0.121. The Balaban J connectivity index is 2.31. The van der Waals surface area contributed by atoms with Gasteiger partial charge in [0.05, 0.1) is 11.3 Å². The molecule has 0 saturated heterocycles. The average molecular weight is 381 g/mol. The van der Waals surface area contributed by atoms with Gasteiger partial charge in [-0.2, -0.15) is 18.3 Å². The van der Waals surface area contributed by atoms with Crippen molar-refractivity contribution in [1.82, 2.24) is 15.1 Å². The second-order valence-corrected chi connectivity index (χ2v) is 6.75. The van der Waals surface area contributed by atoms with E-state index in [1.807, 2.05) is 0 Å². The van der Waals surface area contributed by atoms with Crippen molar-refractivity contribution < 1.29 is 18.0 Å². The molecule has 8 heteroatoms. The molecule has 2 aromatic rings. The third-order valence-corrected chi connectivity index (χ3v) is 3.98. The maximum Gasteiger partial charge on any atom is 0.416 e. The number of nitrogens with one attached hydrogen (secondary N) is 1. The van der Waals surface area contributed by atoms with E-state index in [0.29, 0.717) is 18.2 Å². The Kier molecular flexibility index (Phi) is 6.41. The SMILES string of the molecule is Cc1cc(=O)c(C(=O)NCCCC(C)C)nn1-c1cccc(C(F)(F)F)c1. The van der Waals surface area contributed by atoms with Crippen molar-refractivity contribution in [3.8, 4) is 5.69 Å². The largest absolute Gasteiger partial charge is 0.416 e. The number of halogens is 3. The van der Waals surface area contributed by atoms with Crippen LogP contribution in [0.15, 0.2) is 35.1 Å².